The molecule has 7 heterocycles. The van der Waals surface area contributed by atoms with E-state index in [0.717, 1.165) is 137 Å². The Morgan fingerprint density at radius 3 is 1.51 bits per heavy atom. The highest BCUT2D eigenvalue weighted by Gasteiger charge is 2.52. The van der Waals surface area contributed by atoms with Crippen LogP contribution in [0.25, 0.3) is 27.8 Å². The number of carbonyl (C=O) groups is 2. The van der Waals surface area contributed by atoms with Crippen molar-refractivity contribution in [1.29, 1.82) is 0 Å². The zero-order valence-electron chi connectivity index (χ0n) is 62.8. The number of aliphatic hydroxyl groups excluding tert-OH is 1. The van der Waals surface area contributed by atoms with E-state index in [0.29, 0.717) is 13.1 Å². The van der Waals surface area contributed by atoms with Crippen LogP contribution in [0, 0.1) is 22.3 Å². The van der Waals surface area contributed by atoms with E-state index in [1.807, 2.05) is 159 Å². The Bertz CT molecular complexity index is 5280. The van der Waals surface area contributed by atoms with Crippen LogP contribution in [-0.4, -0.2) is 125 Å². The Kier molecular flexibility index (Phi) is 31.7. The van der Waals surface area contributed by atoms with E-state index in [1.54, 1.807) is 25.7 Å². The van der Waals surface area contributed by atoms with E-state index in [-0.39, 0.29) is 77.2 Å². The predicted molar refractivity (Wildman–Crippen MR) is 453 cm³/mol. The van der Waals surface area contributed by atoms with Crippen molar-refractivity contribution in [2.75, 3.05) is 35.7 Å². The van der Waals surface area contributed by atoms with Gasteiger partial charge in [-0.25, -0.2) is 50.0 Å². The van der Waals surface area contributed by atoms with Gasteiger partial charge < -0.3 is 37.6 Å². The number of hydrogen-bond donors (Lipinski definition) is 3. The van der Waals surface area contributed by atoms with Crippen molar-refractivity contribution >= 4 is 176 Å². The summed E-state index contributed by atoms with van der Waals surface area (Å²) in [5, 5.41) is 9.20. The van der Waals surface area contributed by atoms with Gasteiger partial charge in [-0.15, -0.1) is 0 Å². The fraction of sp³-hybridized carbons (Fsp3) is 0.368. The lowest BCUT2D eigenvalue weighted by molar-refractivity contribution is 0.00578. The summed E-state index contributed by atoms with van der Waals surface area (Å²) in [7, 11) is -8.89. The summed E-state index contributed by atoms with van der Waals surface area (Å²) < 4.78 is 131. The first-order valence-electron chi connectivity index (χ1n) is 35.1. The molecule has 2 fully saturated rings. The molecular weight excluding hydrogens is 1850 g/mol. The number of oxazole rings is 2. The smallest absolute Gasteiger partial charge is 0.444 e. The highest BCUT2D eigenvalue weighted by molar-refractivity contribution is 14.1. The SMILES string of the molecule is C1CCOC1.CC(=O)c1ccccc1I.CC(C)(C)OC(=O)N1CC=C(B2OC(C)(C)C(C)(C)O2)CC1.C[C@H](O)c1ccccc1I.C[C@H](c1ccccc1C1=CCCCC1)n1c(=O)oc2cc(S(=O)(=O)Nc3ncns3)c(F)cc21.C[C@H](c1ccccc1I)n1c(=O)oc2cc(S(=O)(=O)Nc3ncns3)c(F)cc21.[B]. The molecule has 4 aromatic heterocycles. The highest BCUT2D eigenvalue weighted by atomic mass is 127. The highest BCUT2D eigenvalue weighted by Crippen LogP contribution is 2.40. The van der Waals surface area contributed by atoms with Crippen molar-refractivity contribution in [3.8, 4) is 0 Å². The van der Waals surface area contributed by atoms with E-state index in [4.69, 9.17) is 27.6 Å². The minimum atomic E-state index is -4.30. The van der Waals surface area contributed by atoms with Gasteiger partial charge in [0.2, 0.25) is 10.3 Å². The topological polar surface area (TPSA) is 309 Å². The summed E-state index contributed by atoms with van der Waals surface area (Å²) in [6.45, 7) is 24.0. The zero-order chi connectivity index (χ0) is 80.0. The molecule has 1 aliphatic carbocycles. The van der Waals surface area contributed by atoms with Gasteiger partial charge in [0.15, 0.2) is 16.9 Å². The average Bonchev–Trinajstić information content (AvgIpc) is 1.65. The minimum Gasteiger partial charge on any atom is -0.444 e. The van der Waals surface area contributed by atoms with Crippen LogP contribution in [0.4, 0.5) is 23.8 Å². The van der Waals surface area contributed by atoms with Gasteiger partial charge in [0.25, 0.3) is 20.0 Å². The number of anilines is 2. The zero-order valence-corrected chi connectivity index (χ0v) is 72.6. The van der Waals surface area contributed by atoms with Gasteiger partial charge in [0.1, 0.15) is 39.7 Å². The average molecular weight is 1930 g/mol. The largest absolute Gasteiger partial charge is 0.490 e. The summed E-state index contributed by atoms with van der Waals surface area (Å²) in [5.41, 5.74) is 6.12. The number of benzene rings is 6. The molecule has 6 aromatic carbocycles. The number of hydrogen-bond acceptors (Lipinski definition) is 21. The molecule has 0 unspecified atom stereocenters. The molecule has 589 valence electrons. The molecular formula is C76H85B2F2I3N9O15S4. The summed E-state index contributed by atoms with van der Waals surface area (Å²) in [6.07, 6.45) is 13.5. The Morgan fingerprint density at radius 1 is 0.649 bits per heavy atom. The minimum absolute atomic E-state index is 0. The van der Waals surface area contributed by atoms with Crippen LogP contribution in [0.2, 0.25) is 0 Å². The maximum Gasteiger partial charge on any atom is 0.490 e. The second kappa shape index (κ2) is 39.3. The lowest BCUT2D eigenvalue weighted by Gasteiger charge is -2.32. The standard InChI is InChI=1S/C23H21FN4O4S2.C17H12FIN4O4S2.C16H28BNO4.C8H9IO.C8H7IO.C4H8O.B/c1-14(16-9-5-6-10-17(16)15-7-3-2-4-8-15)28-19-11-18(24)21(12-20(19)32-23(28)29)34(30,31)27-22-25-13-26-33-22;1-9(10-4-2-3-5-12(10)19)23-13-6-11(18)15(7-14(13)27-17(23)24)29(25,26)22-16-20-8-21-28-16;1-14(2,3)20-13(19)18-10-8-12(9-11-18)17-21-15(4,5)16(6,7)22-17;2*1-6(10)7-4-2-3-5-8(7)9;1-2-4-5-3-1;/h5-7,9-14H,2-4,8H2,1H3,(H,25,26,27);2-9H,1H3,(H,20,21,22);8H,9-11H2,1-7H3;2-6,10H,1H3;2-5H,1H3;1-4H2;/t14-;9-;;6-;;;/m11.0.../s1. The first-order chi connectivity index (χ1) is 52.0. The maximum absolute atomic E-state index is 15.1. The molecule has 0 spiro atoms. The third kappa shape index (κ3) is 23.3. The Morgan fingerprint density at radius 2 is 1.12 bits per heavy atom. The second-order valence-corrected chi connectivity index (χ2v) is 36.1. The van der Waals surface area contributed by atoms with E-state index < -0.39 is 70.7 Å². The summed E-state index contributed by atoms with van der Waals surface area (Å²) in [4.78, 5) is 56.1. The van der Waals surface area contributed by atoms with Gasteiger partial charge in [-0.3, -0.25) is 23.4 Å². The molecule has 2 saturated heterocycles. The molecule has 24 nitrogen and oxygen atoms in total. The number of amides is 1. The molecule has 0 bridgehead atoms. The number of allylic oxidation sites excluding steroid dienone is 2. The number of ether oxygens (including phenoxy) is 2. The van der Waals surface area contributed by atoms with Crippen molar-refractivity contribution in [3.63, 3.8) is 0 Å². The van der Waals surface area contributed by atoms with Crippen LogP contribution in [-0.2, 0) is 38.8 Å². The van der Waals surface area contributed by atoms with Gasteiger partial charge in [-0.2, -0.15) is 8.75 Å². The number of aromatic nitrogens is 6. The molecule has 1 amide bonds. The first kappa shape index (κ1) is 89.5. The quantitative estimate of drug-likeness (QED) is 0.0517. The molecule has 111 heavy (non-hydrogen) atoms. The molecule has 35 heteroatoms. The molecule has 3 atom stereocenters. The Balaban J connectivity index is 0.000000182. The van der Waals surface area contributed by atoms with Gasteiger partial charge in [-0.1, -0.05) is 91.0 Å². The number of nitrogens with one attached hydrogen (secondary N) is 2. The molecule has 3 radical (unpaired) electrons. The Hall–Kier alpha value is -7.08. The molecule has 14 rings (SSSR count). The third-order valence-corrected chi connectivity index (χ3v) is 25.2. The number of sulfonamides is 2. The third-order valence-electron chi connectivity index (χ3n) is 18.1. The van der Waals surface area contributed by atoms with Crippen molar-refractivity contribution in [2.24, 2.45) is 0 Å². The van der Waals surface area contributed by atoms with Gasteiger partial charge >= 0.3 is 24.7 Å². The lowest BCUT2D eigenvalue weighted by Crippen LogP contribution is -2.41. The number of ketones is 1. The fourth-order valence-corrected chi connectivity index (χ4v) is 17.7. The number of Topliss-reactive ketones (excluding diaryl/α,β-unsaturated/α-hetero) is 1. The van der Waals surface area contributed by atoms with Gasteiger partial charge in [-0.05, 0) is 240 Å². The van der Waals surface area contributed by atoms with E-state index in [1.165, 1.54) is 40.2 Å². The summed E-state index contributed by atoms with van der Waals surface area (Å²) >= 11 is 8.15. The predicted octanol–water partition coefficient (Wildman–Crippen LogP) is 17.0. The molecule has 3 N–H and O–H groups in total. The Labute approximate surface area is 695 Å². The van der Waals surface area contributed by atoms with Gasteiger partial charge in [0.05, 0.1) is 40.4 Å². The number of carbonyl (C=O) groups excluding carboxylic acids is 2. The van der Waals surface area contributed by atoms with Crippen molar-refractivity contribution in [1.82, 2.24) is 32.7 Å². The van der Waals surface area contributed by atoms with Crippen LogP contribution < -0.4 is 21.0 Å². The lowest BCUT2D eigenvalue weighted by atomic mass is 9.75. The number of nitrogens with zero attached hydrogens (tertiary/aromatic N) is 7. The second-order valence-electron chi connectivity index (χ2n) is 27.7. The molecule has 10 aromatic rings. The van der Waals surface area contributed by atoms with E-state index in [2.05, 4.69) is 102 Å². The van der Waals surface area contributed by atoms with Gasteiger partial charge in [0, 0.05) is 98.3 Å². The van der Waals surface area contributed by atoms with Crippen LogP contribution in [0.3, 0.4) is 0 Å². The molecule has 3 aliphatic heterocycles. The molecule has 4 aliphatic rings. The van der Waals surface area contributed by atoms with Crippen molar-refractivity contribution in [3.05, 3.63) is 223 Å². The van der Waals surface area contributed by atoms with Crippen molar-refractivity contribution in [2.45, 2.75) is 166 Å². The number of halogens is 5. The molecule has 0 saturated carbocycles. The number of fused-ring (bicyclic) bond motifs is 2. The maximum atomic E-state index is 15.1. The van der Waals surface area contributed by atoms with Crippen LogP contribution in [0.1, 0.15) is 172 Å². The fourth-order valence-electron chi connectivity index (χ4n) is 11.8. The first-order valence-corrected chi connectivity index (χ1v) is 42.8. The number of rotatable bonds is 14. The summed E-state index contributed by atoms with van der Waals surface area (Å²) in [6, 6.07) is 33.8. The monoisotopic (exact) mass is 1930 g/mol. The van der Waals surface area contributed by atoms with Crippen LogP contribution >= 0.6 is 90.8 Å². The van der Waals surface area contributed by atoms with Crippen LogP contribution in [0.15, 0.2) is 180 Å². The summed E-state index contributed by atoms with van der Waals surface area (Å²) in [5.74, 6) is -3.29. The number of aliphatic hydroxyl groups is 1. The van der Waals surface area contributed by atoms with E-state index >= 15 is 4.39 Å². The van der Waals surface area contributed by atoms with E-state index in [9.17, 15) is 45.5 Å². The van der Waals surface area contributed by atoms with Crippen molar-refractivity contribution < 1.29 is 67.9 Å². The normalized spacial score (nSPS) is 16.0. The van der Waals surface area contributed by atoms with Crippen LogP contribution in [0.5, 0.6) is 0 Å².